The number of nitrogens with two attached hydrogens (primary N) is 2. The summed E-state index contributed by atoms with van der Waals surface area (Å²) < 4.78 is 0. The molecular weight excluding hydrogens is 168 g/mol. The van der Waals surface area contributed by atoms with Crippen LogP contribution in [0.1, 0.15) is 12.0 Å². The van der Waals surface area contributed by atoms with Crippen molar-refractivity contribution in [2.45, 2.75) is 19.1 Å². The van der Waals surface area contributed by atoms with Gasteiger partial charge in [0, 0.05) is 17.8 Å². The molecule has 1 aromatic rings. The fourth-order valence-corrected chi connectivity index (χ4v) is 1.13. The van der Waals surface area contributed by atoms with Crippen LogP contribution in [0.15, 0.2) is 18.2 Å². The molecule has 0 fully saturated rings. The van der Waals surface area contributed by atoms with Gasteiger partial charge in [-0.3, -0.25) is 0 Å². The highest BCUT2D eigenvalue weighted by Gasteiger charge is 2.02. The first-order valence-corrected chi connectivity index (χ1v) is 4.09. The number of nitrogen functional groups attached to an aromatic ring is 2. The van der Waals surface area contributed by atoms with Crippen molar-refractivity contribution >= 4 is 11.4 Å². The Kier molecular flexibility index (Phi) is 3.11. The lowest BCUT2D eigenvalue weighted by Gasteiger charge is -2.07. The Morgan fingerprint density at radius 1 is 1.23 bits per heavy atom. The largest absolute Gasteiger partial charge is 0.399 e. The normalized spacial score (nSPS) is 10.7. The smallest absolute Gasteiger partial charge is 0.151 e. The first-order valence-electron chi connectivity index (χ1n) is 4.09. The molecule has 0 bridgehead atoms. The third-order valence-corrected chi connectivity index (χ3v) is 1.84. The standard InChI is InChI=1S/C9H14N2O2/c10-7-3-1-6(8(11)5-7)2-4-9(12)13/h1,3,5,9,12-13H,2,4,10-11H2. The topological polar surface area (TPSA) is 92.5 Å². The second kappa shape index (κ2) is 4.11. The molecule has 0 saturated carbocycles. The maximum atomic E-state index is 8.65. The van der Waals surface area contributed by atoms with Gasteiger partial charge in [0.1, 0.15) is 0 Å². The van der Waals surface area contributed by atoms with Gasteiger partial charge in [0.15, 0.2) is 6.29 Å². The molecule has 72 valence electrons. The average molecular weight is 182 g/mol. The molecule has 1 rings (SSSR count). The number of anilines is 2. The van der Waals surface area contributed by atoms with Gasteiger partial charge in [-0.2, -0.15) is 0 Å². The zero-order valence-electron chi connectivity index (χ0n) is 7.27. The lowest BCUT2D eigenvalue weighted by atomic mass is 10.1. The Morgan fingerprint density at radius 3 is 2.46 bits per heavy atom. The van der Waals surface area contributed by atoms with Gasteiger partial charge in [-0.25, -0.2) is 0 Å². The molecule has 4 heteroatoms. The minimum atomic E-state index is -1.28. The van der Waals surface area contributed by atoms with E-state index in [1.807, 2.05) is 0 Å². The molecule has 0 radical (unpaired) electrons. The van der Waals surface area contributed by atoms with E-state index in [9.17, 15) is 0 Å². The van der Waals surface area contributed by atoms with Crippen LogP contribution in [0.4, 0.5) is 11.4 Å². The van der Waals surface area contributed by atoms with Crippen LogP contribution in [0.3, 0.4) is 0 Å². The highest BCUT2D eigenvalue weighted by molar-refractivity contribution is 5.56. The van der Waals surface area contributed by atoms with Crippen molar-refractivity contribution in [2.24, 2.45) is 0 Å². The Balaban J connectivity index is 2.67. The quantitative estimate of drug-likeness (QED) is 0.394. The molecule has 0 unspecified atom stereocenters. The Labute approximate surface area is 76.8 Å². The maximum Gasteiger partial charge on any atom is 0.151 e. The second-order valence-electron chi connectivity index (χ2n) is 2.98. The summed E-state index contributed by atoms with van der Waals surface area (Å²) in [5, 5.41) is 17.3. The number of aliphatic hydroxyl groups excluding tert-OH is 1. The van der Waals surface area contributed by atoms with Gasteiger partial charge in [0.2, 0.25) is 0 Å². The molecule has 0 aliphatic heterocycles. The Hall–Kier alpha value is -1.26. The number of rotatable bonds is 3. The number of aliphatic hydroxyl groups is 2. The van der Waals surface area contributed by atoms with E-state index in [0.29, 0.717) is 17.8 Å². The van der Waals surface area contributed by atoms with Crippen LogP contribution in [-0.4, -0.2) is 16.5 Å². The number of benzene rings is 1. The van der Waals surface area contributed by atoms with Crippen LogP contribution in [0.25, 0.3) is 0 Å². The third kappa shape index (κ3) is 2.93. The zero-order valence-corrected chi connectivity index (χ0v) is 7.27. The maximum absolute atomic E-state index is 8.65. The molecule has 0 spiro atoms. The van der Waals surface area contributed by atoms with E-state index in [2.05, 4.69) is 0 Å². The van der Waals surface area contributed by atoms with E-state index in [0.717, 1.165) is 5.56 Å². The van der Waals surface area contributed by atoms with E-state index < -0.39 is 6.29 Å². The summed E-state index contributed by atoms with van der Waals surface area (Å²) in [6.45, 7) is 0. The molecule has 0 heterocycles. The molecule has 0 aliphatic rings. The fraction of sp³-hybridized carbons (Fsp3) is 0.333. The summed E-state index contributed by atoms with van der Waals surface area (Å²) in [7, 11) is 0. The van der Waals surface area contributed by atoms with Crippen molar-refractivity contribution in [3.63, 3.8) is 0 Å². The molecule has 0 aromatic heterocycles. The van der Waals surface area contributed by atoms with Crippen LogP contribution in [0.2, 0.25) is 0 Å². The molecule has 13 heavy (non-hydrogen) atoms. The van der Waals surface area contributed by atoms with E-state index in [-0.39, 0.29) is 6.42 Å². The van der Waals surface area contributed by atoms with Crippen molar-refractivity contribution in [1.82, 2.24) is 0 Å². The van der Waals surface area contributed by atoms with Crippen molar-refractivity contribution in [1.29, 1.82) is 0 Å². The van der Waals surface area contributed by atoms with Crippen LogP contribution >= 0.6 is 0 Å². The number of hydrogen-bond acceptors (Lipinski definition) is 4. The molecule has 6 N–H and O–H groups in total. The van der Waals surface area contributed by atoms with Crippen molar-refractivity contribution in [3.05, 3.63) is 23.8 Å². The van der Waals surface area contributed by atoms with Crippen LogP contribution in [0.5, 0.6) is 0 Å². The summed E-state index contributed by atoms with van der Waals surface area (Å²) in [5.41, 5.74) is 13.3. The van der Waals surface area contributed by atoms with Crippen LogP contribution in [0, 0.1) is 0 Å². The number of hydrogen-bond donors (Lipinski definition) is 4. The first-order chi connectivity index (χ1) is 6.09. The highest BCUT2D eigenvalue weighted by atomic mass is 16.5. The van der Waals surface area contributed by atoms with Gasteiger partial charge in [-0.05, 0) is 24.1 Å². The van der Waals surface area contributed by atoms with E-state index in [1.54, 1.807) is 18.2 Å². The zero-order chi connectivity index (χ0) is 9.84. The van der Waals surface area contributed by atoms with E-state index in [1.165, 1.54) is 0 Å². The third-order valence-electron chi connectivity index (χ3n) is 1.84. The SMILES string of the molecule is Nc1ccc(CCC(O)O)c(N)c1. The number of aryl methyl sites for hydroxylation is 1. The Morgan fingerprint density at radius 2 is 1.92 bits per heavy atom. The van der Waals surface area contributed by atoms with Crippen molar-refractivity contribution in [2.75, 3.05) is 11.5 Å². The van der Waals surface area contributed by atoms with Gasteiger partial charge in [-0.1, -0.05) is 6.07 Å². The lowest BCUT2D eigenvalue weighted by Crippen LogP contribution is -2.06. The van der Waals surface area contributed by atoms with Crippen molar-refractivity contribution < 1.29 is 10.2 Å². The predicted octanol–water partition coefficient (Wildman–Crippen LogP) is 0.0943. The predicted molar refractivity (Wildman–Crippen MR) is 51.8 cm³/mol. The van der Waals surface area contributed by atoms with Crippen molar-refractivity contribution in [3.8, 4) is 0 Å². The molecule has 0 saturated heterocycles. The van der Waals surface area contributed by atoms with Crippen LogP contribution < -0.4 is 11.5 Å². The van der Waals surface area contributed by atoms with E-state index >= 15 is 0 Å². The molecule has 0 aliphatic carbocycles. The molecule has 0 amide bonds. The minimum absolute atomic E-state index is 0.286. The highest BCUT2D eigenvalue weighted by Crippen LogP contribution is 2.17. The van der Waals surface area contributed by atoms with Gasteiger partial charge < -0.3 is 21.7 Å². The summed E-state index contributed by atoms with van der Waals surface area (Å²) in [5.74, 6) is 0. The van der Waals surface area contributed by atoms with Crippen LogP contribution in [-0.2, 0) is 6.42 Å². The van der Waals surface area contributed by atoms with Gasteiger partial charge in [0.25, 0.3) is 0 Å². The first kappa shape index (κ1) is 9.83. The second-order valence-corrected chi connectivity index (χ2v) is 2.98. The lowest BCUT2D eigenvalue weighted by molar-refractivity contribution is -0.0446. The monoisotopic (exact) mass is 182 g/mol. The van der Waals surface area contributed by atoms with Gasteiger partial charge in [0.05, 0.1) is 0 Å². The molecule has 0 atom stereocenters. The molecule has 4 nitrogen and oxygen atoms in total. The van der Waals surface area contributed by atoms with E-state index in [4.69, 9.17) is 21.7 Å². The fourth-order valence-electron chi connectivity index (χ4n) is 1.13. The van der Waals surface area contributed by atoms with Gasteiger partial charge in [-0.15, -0.1) is 0 Å². The molecule has 1 aromatic carbocycles. The molecular formula is C9H14N2O2. The Bertz CT molecular complexity index is 287. The average Bonchev–Trinajstić information content (AvgIpc) is 2.02. The van der Waals surface area contributed by atoms with Gasteiger partial charge >= 0.3 is 0 Å². The summed E-state index contributed by atoms with van der Waals surface area (Å²) in [4.78, 5) is 0. The summed E-state index contributed by atoms with van der Waals surface area (Å²) in [6, 6.07) is 5.21. The minimum Gasteiger partial charge on any atom is -0.399 e. The summed E-state index contributed by atoms with van der Waals surface area (Å²) >= 11 is 0. The summed E-state index contributed by atoms with van der Waals surface area (Å²) in [6.07, 6.45) is -0.449.